The van der Waals surface area contributed by atoms with E-state index in [2.05, 4.69) is 28.9 Å². The lowest BCUT2D eigenvalue weighted by atomic mass is 10.1. The zero-order chi connectivity index (χ0) is 15.9. The average molecular weight is 305 g/mol. The predicted octanol–water partition coefficient (Wildman–Crippen LogP) is 0.816. The van der Waals surface area contributed by atoms with Crippen LogP contribution in [0.25, 0.3) is 0 Å². The molecule has 0 spiro atoms. The highest BCUT2D eigenvalue weighted by Crippen LogP contribution is 2.18. The number of carbonyl (C=O) groups is 1. The summed E-state index contributed by atoms with van der Waals surface area (Å²) in [6, 6.07) is 10.2. The molecule has 0 radical (unpaired) electrons. The summed E-state index contributed by atoms with van der Waals surface area (Å²) in [6.45, 7) is 7.09. The first-order chi connectivity index (χ1) is 10.6. The van der Waals surface area contributed by atoms with Crippen LogP contribution in [-0.4, -0.2) is 78.6 Å². The minimum atomic E-state index is 0.0874. The van der Waals surface area contributed by atoms with E-state index in [1.54, 1.807) is 0 Å². The molecule has 1 N–H and O–H groups in total. The molecular weight excluding hydrogens is 278 g/mol. The van der Waals surface area contributed by atoms with Gasteiger partial charge in [-0.15, -0.1) is 0 Å². The van der Waals surface area contributed by atoms with E-state index in [1.807, 2.05) is 30.1 Å². The summed E-state index contributed by atoms with van der Waals surface area (Å²) in [4.78, 5) is 18.7. The van der Waals surface area contributed by atoms with Crippen molar-refractivity contribution in [2.45, 2.75) is 13.0 Å². The second-order valence-electron chi connectivity index (χ2n) is 5.93. The van der Waals surface area contributed by atoms with Crippen LogP contribution in [0.3, 0.4) is 0 Å². The summed E-state index contributed by atoms with van der Waals surface area (Å²) in [6.07, 6.45) is 0. The highest BCUT2D eigenvalue weighted by atomic mass is 16.3. The smallest absolute Gasteiger partial charge is 0.236 e. The van der Waals surface area contributed by atoms with E-state index in [4.69, 9.17) is 5.11 Å². The largest absolute Gasteiger partial charge is 0.395 e. The zero-order valence-corrected chi connectivity index (χ0v) is 13.6. The number of piperazine rings is 1. The van der Waals surface area contributed by atoms with Crippen LogP contribution in [0.5, 0.6) is 0 Å². The average Bonchev–Trinajstić information content (AvgIpc) is 2.56. The van der Waals surface area contributed by atoms with Crippen LogP contribution in [0, 0.1) is 0 Å². The van der Waals surface area contributed by atoms with Gasteiger partial charge in [0.1, 0.15) is 0 Å². The highest BCUT2D eigenvalue weighted by Gasteiger charge is 2.22. The second-order valence-corrected chi connectivity index (χ2v) is 5.93. The first-order valence-corrected chi connectivity index (χ1v) is 7.98. The number of rotatable bonds is 6. The Morgan fingerprint density at radius 2 is 1.77 bits per heavy atom. The zero-order valence-electron chi connectivity index (χ0n) is 13.6. The van der Waals surface area contributed by atoms with Crippen LogP contribution >= 0.6 is 0 Å². The fourth-order valence-corrected chi connectivity index (χ4v) is 2.79. The first kappa shape index (κ1) is 16.9. The normalized spacial score (nSPS) is 18.1. The van der Waals surface area contributed by atoms with Gasteiger partial charge in [0.2, 0.25) is 5.91 Å². The molecule has 0 aromatic heterocycles. The number of β-amino-alcohol motifs (C(OH)–C–C–N with tert-alkyl or cyclic N) is 1. The van der Waals surface area contributed by atoms with Crippen molar-refractivity contribution in [2.24, 2.45) is 0 Å². The van der Waals surface area contributed by atoms with Crippen molar-refractivity contribution in [1.29, 1.82) is 0 Å². The molecule has 2 rings (SSSR count). The Labute approximate surface area is 133 Å². The van der Waals surface area contributed by atoms with E-state index in [0.717, 1.165) is 38.3 Å². The summed E-state index contributed by atoms with van der Waals surface area (Å²) in [5, 5.41) is 8.96. The Morgan fingerprint density at radius 1 is 1.18 bits per heavy atom. The van der Waals surface area contributed by atoms with Crippen LogP contribution in [0.1, 0.15) is 18.5 Å². The van der Waals surface area contributed by atoms with E-state index < -0.39 is 0 Å². The molecule has 1 aromatic carbocycles. The molecule has 1 atom stereocenters. The Kier molecular flexibility index (Phi) is 6.36. The van der Waals surface area contributed by atoms with Gasteiger partial charge in [0, 0.05) is 39.8 Å². The van der Waals surface area contributed by atoms with E-state index in [9.17, 15) is 4.79 Å². The number of likely N-dealkylation sites (N-methyl/N-ethyl adjacent to an activating group) is 1. The number of nitrogens with zero attached hydrogens (tertiary/aromatic N) is 3. The molecule has 1 aliphatic rings. The van der Waals surface area contributed by atoms with Crippen molar-refractivity contribution in [1.82, 2.24) is 14.7 Å². The van der Waals surface area contributed by atoms with Gasteiger partial charge in [0.15, 0.2) is 0 Å². The van der Waals surface area contributed by atoms with Gasteiger partial charge >= 0.3 is 0 Å². The number of hydrogen-bond donors (Lipinski definition) is 1. The molecule has 1 saturated heterocycles. The maximum atomic E-state index is 12.5. The maximum Gasteiger partial charge on any atom is 0.236 e. The van der Waals surface area contributed by atoms with Gasteiger partial charge in [0.05, 0.1) is 19.2 Å². The molecule has 22 heavy (non-hydrogen) atoms. The molecule has 1 unspecified atom stereocenters. The number of hydrogen-bond acceptors (Lipinski definition) is 4. The van der Waals surface area contributed by atoms with Crippen molar-refractivity contribution in [3.63, 3.8) is 0 Å². The van der Waals surface area contributed by atoms with Gasteiger partial charge < -0.3 is 10.0 Å². The number of benzene rings is 1. The van der Waals surface area contributed by atoms with Crippen molar-refractivity contribution in [3.05, 3.63) is 35.9 Å². The minimum absolute atomic E-state index is 0.0874. The molecule has 122 valence electrons. The molecule has 5 nitrogen and oxygen atoms in total. The van der Waals surface area contributed by atoms with Crippen LogP contribution in [0.15, 0.2) is 30.3 Å². The van der Waals surface area contributed by atoms with Gasteiger partial charge in [0.25, 0.3) is 0 Å². The summed E-state index contributed by atoms with van der Waals surface area (Å²) >= 11 is 0. The molecule has 1 heterocycles. The van der Waals surface area contributed by atoms with Crippen molar-refractivity contribution in [2.75, 3.05) is 52.9 Å². The lowest BCUT2D eigenvalue weighted by Gasteiger charge is -2.35. The van der Waals surface area contributed by atoms with Gasteiger partial charge in [-0.05, 0) is 12.5 Å². The molecule has 0 bridgehead atoms. The number of aliphatic hydroxyl groups is 1. The first-order valence-electron chi connectivity index (χ1n) is 7.98. The van der Waals surface area contributed by atoms with Crippen LogP contribution < -0.4 is 0 Å². The van der Waals surface area contributed by atoms with Gasteiger partial charge in [-0.3, -0.25) is 14.6 Å². The SMILES string of the molecule is CC(c1ccccc1)N(C)C(=O)CN1CCN(CCO)CC1. The molecule has 1 aliphatic heterocycles. The minimum Gasteiger partial charge on any atom is -0.395 e. The molecule has 5 heteroatoms. The topological polar surface area (TPSA) is 47.0 Å². The third-order valence-electron chi connectivity index (χ3n) is 4.50. The van der Waals surface area contributed by atoms with Gasteiger partial charge in [-0.2, -0.15) is 0 Å². The quantitative estimate of drug-likeness (QED) is 0.845. The monoisotopic (exact) mass is 305 g/mol. The maximum absolute atomic E-state index is 12.5. The van der Waals surface area contributed by atoms with Gasteiger partial charge in [-0.1, -0.05) is 30.3 Å². The molecule has 1 fully saturated rings. The predicted molar refractivity (Wildman–Crippen MR) is 87.6 cm³/mol. The third kappa shape index (κ3) is 4.53. The lowest BCUT2D eigenvalue weighted by Crippen LogP contribution is -2.50. The van der Waals surface area contributed by atoms with Gasteiger partial charge in [-0.25, -0.2) is 0 Å². The fraction of sp³-hybridized carbons (Fsp3) is 0.588. The van der Waals surface area contributed by atoms with Crippen LogP contribution in [0.2, 0.25) is 0 Å². The highest BCUT2D eigenvalue weighted by molar-refractivity contribution is 5.78. The number of amides is 1. The summed E-state index contributed by atoms with van der Waals surface area (Å²) in [5.41, 5.74) is 1.16. The third-order valence-corrected chi connectivity index (χ3v) is 4.50. The molecule has 1 aromatic rings. The molecular formula is C17H27N3O2. The molecule has 1 amide bonds. The number of carbonyl (C=O) groups excluding carboxylic acids is 1. The van der Waals surface area contributed by atoms with E-state index in [1.165, 1.54) is 0 Å². The molecule has 0 saturated carbocycles. The summed E-state index contributed by atoms with van der Waals surface area (Å²) in [5.74, 6) is 0.159. The Morgan fingerprint density at radius 3 is 2.36 bits per heavy atom. The Hall–Kier alpha value is -1.43. The van der Waals surface area contributed by atoms with Crippen molar-refractivity contribution >= 4 is 5.91 Å². The fourth-order valence-electron chi connectivity index (χ4n) is 2.79. The second kappa shape index (κ2) is 8.27. The van der Waals surface area contributed by atoms with Crippen LogP contribution in [0.4, 0.5) is 0 Å². The van der Waals surface area contributed by atoms with Crippen molar-refractivity contribution in [3.8, 4) is 0 Å². The molecule has 0 aliphatic carbocycles. The van der Waals surface area contributed by atoms with Crippen molar-refractivity contribution < 1.29 is 9.90 Å². The lowest BCUT2D eigenvalue weighted by molar-refractivity contribution is -0.133. The summed E-state index contributed by atoms with van der Waals surface area (Å²) < 4.78 is 0. The number of aliphatic hydroxyl groups excluding tert-OH is 1. The van der Waals surface area contributed by atoms with E-state index >= 15 is 0 Å². The Bertz CT molecular complexity index is 458. The summed E-state index contributed by atoms with van der Waals surface area (Å²) in [7, 11) is 1.88. The van der Waals surface area contributed by atoms with E-state index in [-0.39, 0.29) is 18.6 Å². The Balaban J connectivity index is 1.82. The standard InChI is InChI=1S/C17H27N3O2/c1-15(16-6-4-3-5-7-16)18(2)17(22)14-20-10-8-19(9-11-20)12-13-21/h3-7,15,21H,8-14H2,1-2H3. The van der Waals surface area contributed by atoms with Crippen LogP contribution in [-0.2, 0) is 4.79 Å². The van der Waals surface area contributed by atoms with E-state index in [0.29, 0.717) is 6.54 Å².